The number of morpholine rings is 1. The molecule has 0 atom stereocenters. The van der Waals surface area contributed by atoms with Crippen LogP contribution < -0.4 is 14.6 Å². The van der Waals surface area contributed by atoms with E-state index in [0.29, 0.717) is 36.8 Å². The molecule has 0 radical (unpaired) electrons. The van der Waals surface area contributed by atoms with Crippen LogP contribution in [0.25, 0.3) is 0 Å². The van der Waals surface area contributed by atoms with Gasteiger partial charge in [0.1, 0.15) is 0 Å². The Balaban J connectivity index is 2.41. The Bertz CT molecular complexity index is 597. The van der Waals surface area contributed by atoms with Crippen LogP contribution in [-0.2, 0) is 21.3 Å². The van der Waals surface area contributed by atoms with Crippen LogP contribution in [0.1, 0.15) is 5.56 Å². The van der Waals surface area contributed by atoms with E-state index in [2.05, 4.69) is 4.90 Å². The van der Waals surface area contributed by atoms with Gasteiger partial charge < -0.3 is 14.2 Å². The van der Waals surface area contributed by atoms with Crippen LogP contribution in [0.4, 0.5) is 0 Å². The third-order valence-corrected chi connectivity index (χ3v) is 4.36. The summed E-state index contributed by atoms with van der Waals surface area (Å²) >= 11 is 0. The summed E-state index contributed by atoms with van der Waals surface area (Å²) in [6.45, 7) is 3.24. The van der Waals surface area contributed by atoms with E-state index in [1.165, 1.54) is 20.3 Å². The maximum Gasteiger partial charge on any atom is 0.238 e. The minimum absolute atomic E-state index is 0.0617. The fourth-order valence-corrected chi connectivity index (χ4v) is 3.05. The van der Waals surface area contributed by atoms with Crippen LogP contribution in [-0.4, -0.2) is 53.8 Å². The molecule has 1 saturated heterocycles. The van der Waals surface area contributed by atoms with E-state index in [4.69, 9.17) is 19.3 Å². The van der Waals surface area contributed by atoms with Crippen LogP contribution in [0.15, 0.2) is 17.0 Å². The van der Waals surface area contributed by atoms with Gasteiger partial charge in [-0.05, 0) is 11.6 Å². The van der Waals surface area contributed by atoms with Gasteiger partial charge in [-0.3, -0.25) is 4.90 Å². The Morgan fingerprint density at radius 1 is 1.19 bits per heavy atom. The van der Waals surface area contributed by atoms with Crippen LogP contribution in [0.5, 0.6) is 11.5 Å². The zero-order valence-corrected chi connectivity index (χ0v) is 13.0. The van der Waals surface area contributed by atoms with Gasteiger partial charge in [0, 0.05) is 25.7 Å². The zero-order chi connectivity index (χ0) is 15.5. The van der Waals surface area contributed by atoms with Crippen molar-refractivity contribution in [1.29, 1.82) is 0 Å². The van der Waals surface area contributed by atoms with Crippen LogP contribution in [0.2, 0.25) is 0 Å². The average Bonchev–Trinajstić information content (AvgIpc) is 2.46. The first kappa shape index (κ1) is 16.0. The number of hydrogen-bond donors (Lipinski definition) is 1. The Morgan fingerprint density at radius 3 is 2.29 bits per heavy atom. The summed E-state index contributed by atoms with van der Waals surface area (Å²) in [5, 5.41) is 5.31. The molecule has 0 unspecified atom stereocenters. The van der Waals surface area contributed by atoms with Crippen molar-refractivity contribution in [3.8, 4) is 11.5 Å². The van der Waals surface area contributed by atoms with Crippen molar-refractivity contribution in [3.63, 3.8) is 0 Å². The molecular formula is C13H20N2O5S. The molecule has 0 aromatic heterocycles. The first-order valence-electron chi connectivity index (χ1n) is 6.53. The van der Waals surface area contributed by atoms with Crippen molar-refractivity contribution in [2.45, 2.75) is 11.4 Å². The fraction of sp³-hybridized carbons (Fsp3) is 0.538. The van der Waals surface area contributed by atoms with Crippen molar-refractivity contribution in [1.82, 2.24) is 4.90 Å². The van der Waals surface area contributed by atoms with E-state index in [0.717, 1.165) is 13.1 Å². The lowest BCUT2D eigenvalue weighted by Crippen LogP contribution is -2.36. The molecule has 0 bridgehead atoms. The number of benzene rings is 1. The highest BCUT2D eigenvalue weighted by molar-refractivity contribution is 7.89. The molecule has 2 N–H and O–H groups in total. The number of hydrogen-bond acceptors (Lipinski definition) is 6. The van der Waals surface area contributed by atoms with Gasteiger partial charge >= 0.3 is 0 Å². The minimum atomic E-state index is -3.84. The van der Waals surface area contributed by atoms with E-state index >= 15 is 0 Å². The molecule has 1 aliphatic rings. The van der Waals surface area contributed by atoms with E-state index in [-0.39, 0.29) is 4.90 Å². The lowest BCUT2D eigenvalue weighted by atomic mass is 10.1. The second-order valence-electron chi connectivity index (χ2n) is 4.75. The number of methoxy groups -OCH3 is 2. The Morgan fingerprint density at radius 2 is 1.76 bits per heavy atom. The predicted molar refractivity (Wildman–Crippen MR) is 77.0 cm³/mol. The lowest BCUT2D eigenvalue weighted by Gasteiger charge is -2.27. The van der Waals surface area contributed by atoms with E-state index in [1.807, 2.05) is 0 Å². The molecule has 0 amide bonds. The van der Waals surface area contributed by atoms with Crippen LogP contribution in [0, 0.1) is 0 Å². The summed E-state index contributed by atoms with van der Waals surface area (Å²) in [6, 6.07) is 3.07. The number of nitrogens with zero attached hydrogens (tertiary/aromatic N) is 1. The molecule has 0 spiro atoms. The molecule has 1 aliphatic heterocycles. The summed E-state index contributed by atoms with van der Waals surface area (Å²) in [7, 11) is -0.878. The maximum absolute atomic E-state index is 11.8. The number of rotatable bonds is 5. The molecule has 1 heterocycles. The third-order valence-electron chi connectivity index (χ3n) is 3.37. The topological polar surface area (TPSA) is 91.1 Å². The SMILES string of the molecule is COc1cc(CN2CCOCC2)c(S(N)(=O)=O)cc1OC. The molecule has 7 nitrogen and oxygen atoms in total. The number of ether oxygens (including phenoxy) is 3. The highest BCUT2D eigenvalue weighted by Gasteiger charge is 2.21. The van der Waals surface area contributed by atoms with E-state index in [1.54, 1.807) is 6.07 Å². The van der Waals surface area contributed by atoms with Crippen molar-refractivity contribution in [2.24, 2.45) is 5.14 Å². The molecule has 0 aliphatic carbocycles. The molecule has 2 rings (SSSR count). The van der Waals surface area contributed by atoms with Gasteiger partial charge in [-0.25, -0.2) is 13.6 Å². The zero-order valence-electron chi connectivity index (χ0n) is 12.2. The fourth-order valence-electron chi connectivity index (χ4n) is 2.29. The molecule has 1 aromatic rings. The van der Waals surface area contributed by atoms with Gasteiger partial charge in [0.25, 0.3) is 0 Å². The largest absolute Gasteiger partial charge is 0.493 e. The van der Waals surface area contributed by atoms with Crippen molar-refractivity contribution in [2.75, 3.05) is 40.5 Å². The van der Waals surface area contributed by atoms with Gasteiger partial charge in [0.05, 0.1) is 32.3 Å². The van der Waals surface area contributed by atoms with Crippen molar-refractivity contribution in [3.05, 3.63) is 17.7 Å². The smallest absolute Gasteiger partial charge is 0.238 e. The van der Waals surface area contributed by atoms with Gasteiger partial charge in [0.2, 0.25) is 10.0 Å². The highest BCUT2D eigenvalue weighted by atomic mass is 32.2. The molecule has 21 heavy (non-hydrogen) atoms. The first-order chi connectivity index (χ1) is 9.95. The standard InChI is InChI=1S/C13H20N2O5S/c1-18-11-7-10(9-15-3-5-20-6-4-15)13(21(14,16)17)8-12(11)19-2/h7-8H,3-6,9H2,1-2H3,(H2,14,16,17). The second-order valence-corrected chi connectivity index (χ2v) is 6.28. The van der Waals surface area contributed by atoms with E-state index < -0.39 is 10.0 Å². The molecule has 8 heteroatoms. The quantitative estimate of drug-likeness (QED) is 0.833. The first-order valence-corrected chi connectivity index (χ1v) is 8.08. The van der Waals surface area contributed by atoms with Crippen molar-refractivity contribution >= 4 is 10.0 Å². The monoisotopic (exact) mass is 316 g/mol. The normalized spacial score (nSPS) is 16.7. The maximum atomic E-state index is 11.8. The minimum Gasteiger partial charge on any atom is -0.493 e. The van der Waals surface area contributed by atoms with Crippen LogP contribution in [0.3, 0.4) is 0 Å². The van der Waals surface area contributed by atoms with Gasteiger partial charge in [-0.1, -0.05) is 0 Å². The Hall–Kier alpha value is -1.35. The number of nitrogens with two attached hydrogens (primary N) is 1. The lowest BCUT2D eigenvalue weighted by molar-refractivity contribution is 0.0338. The van der Waals surface area contributed by atoms with Gasteiger partial charge in [0.15, 0.2) is 11.5 Å². The van der Waals surface area contributed by atoms with Crippen molar-refractivity contribution < 1.29 is 22.6 Å². The summed E-state index contributed by atoms with van der Waals surface area (Å²) in [5.41, 5.74) is 0.594. The molecular weight excluding hydrogens is 296 g/mol. The average molecular weight is 316 g/mol. The summed E-state index contributed by atoms with van der Waals surface area (Å²) in [6.07, 6.45) is 0. The molecule has 118 valence electrons. The number of sulfonamides is 1. The second kappa shape index (κ2) is 6.61. The van der Waals surface area contributed by atoms with E-state index in [9.17, 15) is 8.42 Å². The molecule has 0 saturated carbocycles. The Labute approximate surface area is 124 Å². The van der Waals surface area contributed by atoms with Gasteiger partial charge in [-0.2, -0.15) is 0 Å². The summed E-state index contributed by atoms with van der Waals surface area (Å²) in [5.74, 6) is 0.820. The number of primary sulfonamides is 1. The Kier molecular flexibility index (Phi) is 5.04. The predicted octanol–water partition coefficient (Wildman–Crippen LogP) is 0.183. The molecule has 1 fully saturated rings. The highest BCUT2D eigenvalue weighted by Crippen LogP contribution is 2.33. The third kappa shape index (κ3) is 3.85. The van der Waals surface area contributed by atoms with Gasteiger partial charge in [-0.15, -0.1) is 0 Å². The van der Waals surface area contributed by atoms with Crippen LogP contribution >= 0.6 is 0 Å². The summed E-state index contributed by atoms with van der Waals surface area (Å²) < 4.78 is 39.3. The summed E-state index contributed by atoms with van der Waals surface area (Å²) in [4.78, 5) is 2.17. The molecule has 1 aromatic carbocycles.